The quantitative estimate of drug-likeness (QED) is 0.471. The van der Waals surface area contributed by atoms with Crippen molar-refractivity contribution in [2.24, 2.45) is 0 Å². The summed E-state index contributed by atoms with van der Waals surface area (Å²) in [7, 11) is -4.21. The number of pyridine rings is 1. The van der Waals surface area contributed by atoms with Crippen LogP contribution in [0.25, 0.3) is 23.3 Å². The van der Waals surface area contributed by atoms with Crippen molar-refractivity contribution in [3.8, 4) is 5.75 Å². The smallest absolute Gasteiger partial charge is 0.220 e. The van der Waals surface area contributed by atoms with Crippen molar-refractivity contribution in [3.63, 3.8) is 0 Å². The Morgan fingerprint density at radius 3 is 2.88 bits per heavy atom. The number of fused-ring (bicyclic) bond motifs is 1. The summed E-state index contributed by atoms with van der Waals surface area (Å²) in [6, 6.07) is 8.90. The van der Waals surface area contributed by atoms with E-state index in [1.807, 2.05) is 18.2 Å². The third-order valence-electron chi connectivity index (χ3n) is 3.29. The minimum atomic E-state index is -4.21. The van der Waals surface area contributed by atoms with Crippen LogP contribution in [-0.4, -0.2) is 35.3 Å². The van der Waals surface area contributed by atoms with Crippen LogP contribution in [0.4, 0.5) is 0 Å². The highest BCUT2D eigenvalue weighted by atomic mass is 32.2. The molecular weight excluding hydrogens is 344 g/mol. The number of nitrogens with zero attached hydrogens (tertiary/aromatic N) is 2. The van der Waals surface area contributed by atoms with Gasteiger partial charge in [0.1, 0.15) is 11.3 Å². The van der Waals surface area contributed by atoms with Crippen LogP contribution in [0, 0.1) is 0 Å². The number of rotatable bonds is 7. The van der Waals surface area contributed by atoms with Gasteiger partial charge in [0, 0.05) is 30.3 Å². The average molecular weight is 359 g/mol. The molecule has 2 heterocycles. The van der Waals surface area contributed by atoms with E-state index in [1.165, 1.54) is 0 Å². The molecule has 0 spiro atoms. The van der Waals surface area contributed by atoms with Crippen LogP contribution in [0.1, 0.15) is 17.9 Å². The molecule has 0 aliphatic carbocycles. The maximum atomic E-state index is 10.5. The van der Waals surface area contributed by atoms with Crippen LogP contribution in [-0.2, 0) is 10.1 Å². The minimum absolute atomic E-state index is 0.134. The van der Waals surface area contributed by atoms with Crippen molar-refractivity contribution in [1.82, 2.24) is 9.97 Å². The molecule has 0 bridgehead atoms. The van der Waals surface area contributed by atoms with Gasteiger partial charge in [0.15, 0.2) is 5.58 Å². The van der Waals surface area contributed by atoms with Crippen LogP contribution in [0.5, 0.6) is 5.75 Å². The molecule has 3 aromatic rings. The Balaban J connectivity index is 1.66. The first-order valence-electron chi connectivity index (χ1n) is 7.55. The molecule has 0 aliphatic heterocycles. The lowest BCUT2D eigenvalue weighted by Crippen LogP contribution is -2.08. The first-order chi connectivity index (χ1) is 12.0. The number of benzene rings is 1. The second-order valence-corrected chi connectivity index (χ2v) is 6.79. The maximum absolute atomic E-state index is 10.5. The molecule has 1 aromatic carbocycles. The Labute approximate surface area is 144 Å². The summed E-state index contributed by atoms with van der Waals surface area (Å²) in [5, 5.41) is 0. The van der Waals surface area contributed by atoms with E-state index < -0.39 is 15.9 Å². The topological polar surface area (TPSA) is 105 Å². The van der Waals surface area contributed by atoms with Gasteiger partial charge in [0.05, 0.1) is 16.7 Å². The zero-order chi connectivity index (χ0) is 17.7. The fourth-order valence-electron chi connectivity index (χ4n) is 2.15. The molecule has 0 aliphatic rings. The zero-order valence-electron chi connectivity index (χ0n) is 13.2. The number of ether oxygens (including phenoxy) is 1. The third-order valence-corrected chi connectivity index (χ3v) is 4.08. The first kappa shape index (κ1) is 17.1. The van der Waals surface area contributed by atoms with Crippen molar-refractivity contribution in [2.45, 2.75) is 6.42 Å². The predicted molar refractivity (Wildman–Crippen MR) is 91.9 cm³/mol. The molecule has 3 rings (SSSR count). The molecule has 2 aromatic heterocycles. The summed E-state index contributed by atoms with van der Waals surface area (Å²) in [5.41, 5.74) is 2.17. The van der Waals surface area contributed by atoms with Crippen LogP contribution in [0.3, 0.4) is 0 Å². The van der Waals surface area contributed by atoms with E-state index in [0.29, 0.717) is 22.7 Å². The molecule has 7 nitrogen and oxygen atoms in total. The number of hydrogen-bond acceptors (Lipinski definition) is 7. The van der Waals surface area contributed by atoms with Gasteiger partial charge in [-0.3, -0.25) is 4.98 Å². The lowest BCUT2D eigenvalue weighted by atomic mass is 10.2. The summed E-state index contributed by atoms with van der Waals surface area (Å²) in [4.78, 5) is 8.37. The molecule has 0 saturated heterocycles. The standard InChI is InChI=1S/C17H16N2O5S/c20-25(21,22)10-2-9-23-14-5-6-15-16(11-14)24-17(19-15)7-4-13-3-1-8-18-12-13/h1,3-8,11-12H,2,9-10H2,(H,20,21,22)/p-1/b7-4+. The molecule has 0 radical (unpaired) electrons. The van der Waals surface area contributed by atoms with Gasteiger partial charge in [-0.2, -0.15) is 0 Å². The Kier molecular flexibility index (Phi) is 5.11. The second-order valence-electron chi connectivity index (χ2n) is 5.27. The van der Waals surface area contributed by atoms with Crippen LogP contribution < -0.4 is 4.74 Å². The lowest BCUT2D eigenvalue weighted by Gasteiger charge is -2.08. The van der Waals surface area contributed by atoms with E-state index in [-0.39, 0.29) is 13.0 Å². The molecule has 0 unspecified atom stereocenters. The summed E-state index contributed by atoms with van der Waals surface area (Å²) < 4.78 is 42.7. The van der Waals surface area contributed by atoms with Crippen molar-refractivity contribution in [3.05, 3.63) is 54.2 Å². The Morgan fingerprint density at radius 1 is 1.24 bits per heavy atom. The zero-order valence-corrected chi connectivity index (χ0v) is 14.0. The van der Waals surface area contributed by atoms with E-state index in [4.69, 9.17) is 9.15 Å². The fourth-order valence-corrected chi connectivity index (χ4v) is 2.62. The fraction of sp³-hybridized carbons (Fsp3) is 0.176. The van der Waals surface area contributed by atoms with E-state index in [1.54, 1.807) is 36.7 Å². The minimum Gasteiger partial charge on any atom is -0.748 e. The summed E-state index contributed by atoms with van der Waals surface area (Å²) in [6.07, 6.45) is 7.16. The highest BCUT2D eigenvalue weighted by Crippen LogP contribution is 2.22. The SMILES string of the molecule is O=S(=O)([O-])CCCOc1ccc2nc(/C=C/c3cccnc3)oc2c1. The highest BCUT2D eigenvalue weighted by molar-refractivity contribution is 7.85. The molecule has 0 amide bonds. The van der Waals surface area contributed by atoms with Gasteiger partial charge in [-0.05, 0) is 36.3 Å². The van der Waals surface area contributed by atoms with Gasteiger partial charge >= 0.3 is 0 Å². The van der Waals surface area contributed by atoms with E-state index in [9.17, 15) is 13.0 Å². The van der Waals surface area contributed by atoms with E-state index in [2.05, 4.69) is 9.97 Å². The van der Waals surface area contributed by atoms with E-state index in [0.717, 1.165) is 5.56 Å². The first-order valence-corrected chi connectivity index (χ1v) is 9.12. The van der Waals surface area contributed by atoms with E-state index >= 15 is 0 Å². The highest BCUT2D eigenvalue weighted by Gasteiger charge is 2.05. The van der Waals surface area contributed by atoms with Crippen LogP contribution in [0.2, 0.25) is 0 Å². The number of hydrogen-bond donors (Lipinski definition) is 0. The largest absolute Gasteiger partial charge is 0.748 e. The number of oxazole rings is 1. The predicted octanol–water partition coefficient (Wildman–Crippen LogP) is 2.71. The van der Waals surface area contributed by atoms with Gasteiger partial charge in [0.25, 0.3) is 0 Å². The molecule has 8 heteroatoms. The third kappa shape index (κ3) is 5.13. The summed E-state index contributed by atoms with van der Waals surface area (Å²) in [5.74, 6) is 0.532. The van der Waals surface area contributed by atoms with Gasteiger partial charge in [0.2, 0.25) is 5.89 Å². The number of aromatic nitrogens is 2. The Bertz CT molecular complexity index is 981. The van der Waals surface area contributed by atoms with Crippen molar-refractivity contribution < 1.29 is 22.1 Å². The van der Waals surface area contributed by atoms with Crippen LogP contribution >= 0.6 is 0 Å². The molecule has 25 heavy (non-hydrogen) atoms. The molecule has 0 fully saturated rings. The van der Waals surface area contributed by atoms with Crippen molar-refractivity contribution in [1.29, 1.82) is 0 Å². The Morgan fingerprint density at radius 2 is 2.12 bits per heavy atom. The van der Waals surface area contributed by atoms with Gasteiger partial charge in [-0.15, -0.1) is 0 Å². The summed E-state index contributed by atoms with van der Waals surface area (Å²) >= 11 is 0. The molecular formula is C17H15N2O5S-. The van der Waals surface area contributed by atoms with Gasteiger partial charge < -0.3 is 13.7 Å². The molecule has 0 N–H and O–H groups in total. The van der Waals surface area contributed by atoms with Crippen molar-refractivity contribution in [2.75, 3.05) is 12.4 Å². The average Bonchev–Trinajstić information content (AvgIpc) is 2.99. The van der Waals surface area contributed by atoms with Gasteiger partial charge in [-0.1, -0.05) is 6.07 Å². The molecule has 130 valence electrons. The molecule has 0 saturated carbocycles. The monoisotopic (exact) mass is 359 g/mol. The normalized spacial score (nSPS) is 12.0. The maximum Gasteiger partial charge on any atom is 0.220 e. The van der Waals surface area contributed by atoms with Crippen LogP contribution in [0.15, 0.2) is 47.1 Å². The molecule has 0 atom stereocenters. The lowest BCUT2D eigenvalue weighted by molar-refractivity contribution is 0.315. The van der Waals surface area contributed by atoms with Gasteiger partial charge in [-0.25, -0.2) is 13.4 Å². The second kappa shape index (κ2) is 7.45. The van der Waals surface area contributed by atoms with Crippen molar-refractivity contribution >= 4 is 33.4 Å². The summed E-state index contributed by atoms with van der Waals surface area (Å²) in [6.45, 7) is 0.134. The Hall–Kier alpha value is -2.71.